The summed E-state index contributed by atoms with van der Waals surface area (Å²) in [5.74, 6) is -1.95. The number of primary amides is 1. The number of thioether (sulfide) groups is 1. The van der Waals surface area contributed by atoms with Crippen LogP contribution in [0.2, 0.25) is 0 Å². The molecule has 0 atom stereocenters. The molecule has 31 heavy (non-hydrogen) atoms. The number of benzene rings is 1. The van der Waals surface area contributed by atoms with Gasteiger partial charge in [0.25, 0.3) is 5.91 Å². The van der Waals surface area contributed by atoms with Crippen LogP contribution in [-0.2, 0) is 22.6 Å². The van der Waals surface area contributed by atoms with Crippen molar-refractivity contribution in [3.8, 4) is 0 Å². The number of nitrogens with two attached hydrogens (primary N) is 1. The van der Waals surface area contributed by atoms with Gasteiger partial charge in [0.1, 0.15) is 4.88 Å². The SMILES string of the molecule is CC(C)(C)c1cc(NC(=O)CSc2cc(C(F)(F)F)cc(C(F)(F)F)c2)c(C(N)=O)s1. The highest BCUT2D eigenvalue weighted by Gasteiger charge is 2.37. The summed E-state index contributed by atoms with van der Waals surface area (Å²) in [5.41, 5.74) is 2.21. The minimum Gasteiger partial charge on any atom is -0.365 e. The van der Waals surface area contributed by atoms with Crippen LogP contribution in [0.25, 0.3) is 0 Å². The summed E-state index contributed by atoms with van der Waals surface area (Å²) < 4.78 is 77.7. The van der Waals surface area contributed by atoms with Gasteiger partial charge in [0.15, 0.2) is 0 Å². The average molecular weight is 484 g/mol. The molecular weight excluding hydrogens is 466 g/mol. The van der Waals surface area contributed by atoms with Crippen molar-refractivity contribution in [1.82, 2.24) is 0 Å². The summed E-state index contributed by atoms with van der Waals surface area (Å²) in [5, 5.41) is 2.45. The van der Waals surface area contributed by atoms with E-state index in [9.17, 15) is 35.9 Å². The zero-order valence-corrected chi connectivity index (χ0v) is 18.1. The number of alkyl halides is 6. The summed E-state index contributed by atoms with van der Waals surface area (Å²) in [7, 11) is 0. The lowest BCUT2D eigenvalue weighted by Gasteiger charge is -2.15. The van der Waals surface area contributed by atoms with E-state index in [1.54, 1.807) is 6.07 Å². The molecule has 0 unspecified atom stereocenters. The number of halogens is 6. The fourth-order valence-corrected chi connectivity index (χ4v) is 4.20. The van der Waals surface area contributed by atoms with Gasteiger partial charge in [0, 0.05) is 9.77 Å². The molecule has 12 heteroatoms. The van der Waals surface area contributed by atoms with Crippen molar-refractivity contribution in [2.24, 2.45) is 5.73 Å². The second-order valence-electron chi connectivity index (χ2n) is 7.55. The van der Waals surface area contributed by atoms with Gasteiger partial charge in [-0.05, 0) is 29.7 Å². The van der Waals surface area contributed by atoms with Crippen LogP contribution in [0.4, 0.5) is 32.0 Å². The summed E-state index contributed by atoms with van der Waals surface area (Å²) in [6.07, 6.45) is -9.95. The Balaban J connectivity index is 2.22. The van der Waals surface area contributed by atoms with E-state index < -0.39 is 41.0 Å². The number of hydrogen-bond donors (Lipinski definition) is 2. The highest BCUT2D eigenvalue weighted by atomic mass is 32.2. The molecule has 2 amide bonds. The minimum atomic E-state index is -4.98. The smallest absolute Gasteiger partial charge is 0.365 e. The van der Waals surface area contributed by atoms with Crippen molar-refractivity contribution in [3.05, 3.63) is 45.1 Å². The molecule has 1 aromatic carbocycles. The molecule has 1 aromatic heterocycles. The Hall–Kier alpha value is -2.21. The van der Waals surface area contributed by atoms with E-state index in [1.165, 1.54) is 0 Å². The third kappa shape index (κ3) is 6.63. The standard InChI is InChI=1S/C19H18F6N2O2S2/c1-17(2,3)13-7-12(15(31-13)16(26)29)27-14(28)8-30-11-5-9(18(20,21)22)4-10(6-11)19(23,24)25/h4-7H,8H2,1-3H3,(H2,26,29)(H,27,28). The van der Waals surface area contributed by atoms with E-state index in [2.05, 4.69) is 5.32 Å². The van der Waals surface area contributed by atoms with Gasteiger partial charge in [-0.1, -0.05) is 20.8 Å². The highest BCUT2D eigenvalue weighted by molar-refractivity contribution is 8.00. The van der Waals surface area contributed by atoms with Gasteiger partial charge >= 0.3 is 12.4 Å². The number of rotatable bonds is 5. The third-order valence-corrected chi connectivity index (χ3v) is 6.45. The van der Waals surface area contributed by atoms with Crippen LogP contribution in [0.1, 0.15) is 46.4 Å². The second-order valence-corrected chi connectivity index (χ2v) is 9.65. The number of nitrogens with one attached hydrogen (secondary N) is 1. The van der Waals surface area contributed by atoms with Gasteiger partial charge in [0.05, 0.1) is 22.6 Å². The summed E-state index contributed by atoms with van der Waals surface area (Å²) in [4.78, 5) is 24.4. The van der Waals surface area contributed by atoms with E-state index in [0.717, 1.165) is 16.2 Å². The predicted molar refractivity (Wildman–Crippen MR) is 107 cm³/mol. The summed E-state index contributed by atoms with van der Waals surface area (Å²) >= 11 is 1.60. The molecular formula is C19H18F6N2O2S2. The topological polar surface area (TPSA) is 72.2 Å². The number of carbonyl (C=O) groups is 2. The zero-order chi connectivity index (χ0) is 23.8. The number of anilines is 1. The number of thiophene rings is 1. The maximum atomic E-state index is 12.9. The first-order valence-electron chi connectivity index (χ1n) is 8.64. The highest BCUT2D eigenvalue weighted by Crippen LogP contribution is 2.39. The molecule has 0 radical (unpaired) electrons. The first kappa shape index (κ1) is 25.1. The molecule has 0 saturated carbocycles. The van der Waals surface area contributed by atoms with Crippen LogP contribution < -0.4 is 11.1 Å². The minimum absolute atomic E-state index is 0.0165. The Bertz CT molecular complexity index is 959. The van der Waals surface area contributed by atoms with Crippen molar-refractivity contribution in [2.45, 2.75) is 43.4 Å². The van der Waals surface area contributed by atoms with Crippen LogP contribution in [0.5, 0.6) is 0 Å². The van der Waals surface area contributed by atoms with E-state index >= 15 is 0 Å². The van der Waals surface area contributed by atoms with Crippen LogP contribution in [0.3, 0.4) is 0 Å². The lowest BCUT2D eigenvalue weighted by molar-refractivity contribution is -0.143. The predicted octanol–water partition coefficient (Wildman–Crippen LogP) is 5.91. The van der Waals surface area contributed by atoms with Gasteiger partial charge in [-0.3, -0.25) is 9.59 Å². The molecule has 0 aliphatic carbocycles. The summed E-state index contributed by atoms with van der Waals surface area (Å²) in [6.45, 7) is 5.66. The molecule has 0 bridgehead atoms. The molecule has 0 aliphatic rings. The fraction of sp³-hybridized carbons (Fsp3) is 0.368. The third-order valence-electron chi connectivity index (χ3n) is 3.90. The van der Waals surface area contributed by atoms with Crippen LogP contribution >= 0.6 is 23.1 Å². The van der Waals surface area contributed by atoms with Crippen LogP contribution in [0, 0.1) is 0 Å². The van der Waals surface area contributed by atoms with Crippen molar-refractivity contribution in [3.63, 3.8) is 0 Å². The Morgan fingerprint density at radius 1 is 0.968 bits per heavy atom. The lowest BCUT2D eigenvalue weighted by Crippen LogP contribution is -2.18. The average Bonchev–Trinajstić information content (AvgIpc) is 3.02. The van der Waals surface area contributed by atoms with E-state index in [4.69, 9.17) is 5.73 Å². The molecule has 4 nitrogen and oxygen atoms in total. The van der Waals surface area contributed by atoms with Crippen molar-refractivity contribution in [2.75, 3.05) is 11.1 Å². The Morgan fingerprint density at radius 2 is 1.48 bits per heavy atom. The molecule has 2 rings (SSSR count). The molecule has 0 fully saturated rings. The van der Waals surface area contributed by atoms with Gasteiger partial charge < -0.3 is 11.1 Å². The quantitative estimate of drug-likeness (QED) is 0.409. The van der Waals surface area contributed by atoms with Crippen molar-refractivity contribution >= 4 is 40.6 Å². The number of hydrogen-bond acceptors (Lipinski definition) is 4. The van der Waals surface area contributed by atoms with Gasteiger partial charge in [0.2, 0.25) is 5.91 Å². The molecule has 0 aliphatic heterocycles. The number of amides is 2. The molecule has 1 heterocycles. The van der Waals surface area contributed by atoms with Crippen molar-refractivity contribution in [1.29, 1.82) is 0 Å². The molecule has 2 aromatic rings. The fourth-order valence-electron chi connectivity index (χ4n) is 2.38. The zero-order valence-electron chi connectivity index (χ0n) is 16.5. The second kappa shape index (κ2) is 8.73. The monoisotopic (exact) mass is 484 g/mol. The van der Waals surface area contributed by atoms with Gasteiger partial charge in [-0.15, -0.1) is 23.1 Å². The van der Waals surface area contributed by atoms with E-state index in [-0.39, 0.29) is 26.9 Å². The van der Waals surface area contributed by atoms with Crippen LogP contribution in [-0.4, -0.2) is 17.6 Å². The first-order chi connectivity index (χ1) is 14.0. The van der Waals surface area contributed by atoms with E-state index in [0.29, 0.717) is 23.9 Å². The maximum absolute atomic E-state index is 12.9. The summed E-state index contributed by atoms with van der Waals surface area (Å²) in [6, 6.07) is 2.68. The lowest BCUT2D eigenvalue weighted by atomic mass is 9.94. The molecule has 3 N–H and O–H groups in total. The normalized spacial score (nSPS) is 12.7. The Morgan fingerprint density at radius 3 is 1.90 bits per heavy atom. The maximum Gasteiger partial charge on any atom is 0.416 e. The molecule has 0 saturated heterocycles. The van der Waals surface area contributed by atoms with Gasteiger partial charge in [-0.25, -0.2) is 0 Å². The largest absolute Gasteiger partial charge is 0.416 e. The van der Waals surface area contributed by atoms with Gasteiger partial charge in [-0.2, -0.15) is 26.3 Å². The Labute approximate surface area is 182 Å². The number of carbonyl (C=O) groups excluding carboxylic acids is 2. The molecule has 170 valence electrons. The Kier molecular flexibility index (Phi) is 7.06. The molecule has 0 spiro atoms. The first-order valence-corrected chi connectivity index (χ1v) is 10.4. The van der Waals surface area contributed by atoms with Crippen LogP contribution in [0.15, 0.2) is 29.2 Å². The van der Waals surface area contributed by atoms with Crippen molar-refractivity contribution < 1.29 is 35.9 Å². The van der Waals surface area contributed by atoms with E-state index in [1.807, 2.05) is 20.8 Å².